The molecule has 1 aromatic carbocycles. The summed E-state index contributed by atoms with van der Waals surface area (Å²) in [5.74, 6) is 1.10. The number of rotatable bonds is 5. The van der Waals surface area contributed by atoms with Crippen LogP contribution in [0.3, 0.4) is 0 Å². The van der Waals surface area contributed by atoms with Gasteiger partial charge in [-0.25, -0.2) is 4.98 Å². The SMILES string of the molecule is CCCNc1ccc(-c2nc3n(c2-c2ccncc2)CCS3)cc1. The molecule has 0 bridgehead atoms. The fraction of sp³-hybridized carbons (Fsp3) is 0.263. The van der Waals surface area contributed by atoms with Crippen molar-refractivity contribution in [2.24, 2.45) is 0 Å². The summed E-state index contributed by atoms with van der Waals surface area (Å²) in [5, 5.41) is 4.54. The van der Waals surface area contributed by atoms with E-state index in [4.69, 9.17) is 4.98 Å². The number of anilines is 1. The van der Waals surface area contributed by atoms with E-state index in [1.807, 2.05) is 24.2 Å². The molecule has 0 aliphatic carbocycles. The lowest BCUT2D eigenvalue weighted by molar-refractivity contribution is 0.726. The molecule has 3 aromatic rings. The van der Waals surface area contributed by atoms with E-state index in [0.29, 0.717) is 0 Å². The van der Waals surface area contributed by atoms with Crippen molar-refractivity contribution >= 4 is 17.4 Å². The van der Waals surface area contributed by atoms with Crippen LogP contribution >= 0.6 is 11.8 Å². The first-order valence-corrected chi connectivity index (χ1v) is 9.33. The van der Waals surface area contributed by atoms with Crippen molar-refractivity contribution in [1.29, 1.82) is 0 Å². The number of aromatic nitrogens is 3. The monoisotopic (exact) mass is 336 g/mol. The normalized spacial score (nSPS) is 13.0. The summed E-state index contributed by atoms with van der Waals surface area (Å²) in [6.45, 7) is 4.19. The highest BCUT2D eigenvalue weighted by Gasteiger charge is 2.23. The van der Waals surface area contributed by atoms with Crippen LogP contribution in [-0.4, -0.2) is 26.8 Å². The average Bonchev–Trinajstić information content (AvgIpc) is 3.22. The number of imidazole rings is 1. The zero-order valence-corrected chi connectivity index (χ0v) is 14.5. The molecule has 0 saturated carbocycles. The number of pyridine rings is 1. The van der Waals surface area contributed by atoms with Crippen molar-refractivity contribution in [2.75, 3.05) is 17.6 Å². The van der Waals surface area contributed by atoms with E-state index >= 15 is 0 Å². The van der Waals surface area contributed by atoms with Crippen molar-refractivity contribution in [3.63, 3.8) is 0 Å². The first-order valence-electron chi connectivity index (χ1n) is 8.35. The Balaban J connectivity index is 1.76. The molecular weight excluding hydrogens is 316 g/mol. The Hall–Kier alpha value is -2.27. The minimum Gasteiger partial charge on any atom is -0.385 e. The molecule has 0 spiro atoms. The summed E-state index contributed by atoms with van der Waals surface area (Å²) in [6, 6.07) is 12.7. The molecule has 4 rings (SSSR count). The molecule has 5 heteroatoms. The minimum absolute atomic E-state index is 0.997. The fourth-order valence-electron chi connectivity index (χ4n) is 3.00. The number of thioether (sulfide) groups is 1. The minimum atomic E-state index is 0.997. The van der Waals surface area contributed by atoms with E-state index in [0.717, 1.165) is 47.4 Å². The summed E-state index contributed by atoms with van der Waals surface area (Å²) in [7, 11) is 0. The molecule has 1 aliphatic heterocycles. The third kappa shape index (κ3) is 2.80. The summed E-state index contributed by atoms with van der Waals surface area (Å²) >= 11 is 1.83. The Morgan fingerprint density at radius 1 is 1.08 bits per heavy atom. The highest BCUT2D eigenvalue weighted by atomic mass is 32.2. The lowest BCUT2D eigenvalue weighted by Gasteiger charge is -2.09. The van der Waals surface area contributed by atoms with Crippen molar-refractivity contribution in [1.82, 2.24) is 14.5 Å². The molecule has 0 radical (unpaired) electrons. The first-order chi connectivity index (χ1) is 11.9. The van der Waals surface area contributed by atoms with Gasteiger partial charge in [0.05, 0.1) is 11.4 Å². The van der Waals surface area contributed by atoms with Crippen LogP contribution in [0.1, 0.15) is 13.3 Å². The number of nitrogens with one attached hydrogen (secondary N) is 1. The largest absolute Gasteiger partial charge is 0.385 e. The molecule has 122 valence electrons. The lowest BCUT2D eigenvalue weighted by Crippen LogP contribution is -1.99. The van der Waals surface area contributed by atoms with Gasteiger partial charge in [-0.05, 0) is 30.7 Å². The summed E-state index contributed by atoms with van der Waals surface area (Å²) in [5.41, 5.74) is 5.75. The maximum absolute atomic E-state index is 4.91. The molecule has 4 nitrogen and oxygen atoms in total. The topological polar surface area (TPSA) is 42.7 Å². The maximum atomic E-state index is 4.91. The predicted octanol–water partition coefficient (Wildman–Crippen LogP) is 4.54. The van der Waals surface area contributed by atoms with E-state index in [1.165, 1.54) is 11.3 Å². The summed E-state index contributed by atoms with van der Waals surface area (Å²) < 4.78 is 2.33. The van der Waals surface area contributed by atoms with E-state index in [2.05, 4.69) is 58.2 Å². The van der Waals surface area contributed by atoms with Crippen LogP contribution in [0.25, 0.3) is 22.5 Å². The molecule has 1 aliphatic rings. The Kier molecular flexibility index (Phi) is 4.26. The number of hydrogen-bond donors (Lipinski definition) is 1. The molecule has 1 N–H and O–H groups in total. The van der Waals surface area contributed by atoms with E-state index in [9.17, 15) is 0 Å². The molecular formula is C19H20N4S. The highest BCUT2D eigenvalue weighted by molar-refractivity contribution is 7.99. The van der Waals surface area contributed by atoms with Gasteiger partial charge in [0.15, 0.2) is 5.16 Å². The zero-order chi connectivity index (χ0) is 16.4. The van der Waals surface area contributed by atoms with E-state index in [1.54, 1.807) is 0 Å². The van der Waals surface area contributed by atoms with Gasteiger partial charge in [0.25, 0.3) is 0 Å². The predicted molar refractivity (Wildman–Crippen MR) is 100 cm³/mol. The van der Waals surface area contributed by atoms with Crippen molar-refractivity contribution in [3.05, 3.63) is 48.8 Å². The van der Waals surface area contributed by atoms with Gasteiger partial charge in [-0.3, -0.25) is 4.98 Å². The Labute approximate surface area is 146 Å². The van der Waals surface area contributed by atoms with E-state index in [-0.39, 0.29) is 0 Å². The van der Waals surface area contributed by atoms with Gasteiger partial charge in [-0.1, -0.05) is 30.8 Å². The van der Waals surface area contributed by atoms with Crippen LogP contribution in [0.15, 0.2) is 53.9 Å². The Morgan fingerprint density at radius 3 is 2.62 bits per heavy atom. The van der Waals surface area contributed by atoms with Crippen LogP contribution < -0.4 is 5.32 Å². The van der Waals surface area contributed by atoms with Crippen molar-refractivity contribution in [2.45, 2.75) is 25.0 Å². The van der Waals surface area contributed by atoms with Crippen LogP contribution in [0.5, 0.6) is 0 Å². The van der Waals surface area contributed by atoms with Gasteiger partial charge in [0, 0.05) is 48.1 Å². The van der Waals surface area contributed by atoms with Crippen LogP contribution in [0.4, 0.5) is 5.69 Å². The Morgan fingerprint density at radius 2 is 1.88 bits per heavy atom. The molecule has 24 heavy (non-hydrogen) atoms. The second-order valence-electron chi connectivity index (χ2n) is 5.83. The van der Waals surface area contributed by atoms with Gasteiger partial charge >= 0.3 is 0 Å². The van der Waals surface area contributed by atoms with Crippen LogP contribution in [0, 0.1) is 0 Å². The van der Waals surface area contributed by atoms with Crippen LogP contribution in [-0.2, 0) is 6.54 Å². The number of nitrogens with zero attached hydrogens (tertiary/aromatic N) is 3. The molecule has 0 atom stereocenters. The second kappa shape index (κ2) is 6.69. The highest BCUT2D eigenvalue weighted by Crippen LogP contribution is 2.38. The number of benzene rings is 1. The third-order valence-electron chi connectivity index (χ3n) is 4.17. The summed E-state index contributed by atoms with van der Waals surface area (Å²) in [6.07, 6.45) is 4.82. The Bertz CT molecular complexity index is 825. The molecule has 0 unspecified atom stereocenters. The zero-order valence-electron chi connectivity index (χ0n) is 13.7. The standard InChI is InChI=1S/C19H20N4S/c1-2-9-21-16-5-3-14(4-6-16)17-18(15-7-10-20-11-8-15)23-12-13-24-19(23)22-17/h3-8,10-11,21H,2,9,12-13H2,1H3. The maximum Gasteiger partial charge on any atom is 0.169 e. The van der Waals surface area contributed by atoms with Gasteiger partial charge in [-0.2, -0.15) is 0 Å². The van der Waals surface area contributed by atoms with Crippen LogP contribution in [0.2, 0.25) is 0 Å². The smallest absolute Gasteiger partial charge is 0.169 e. The number of hydrogen-bond acceptors (Lipinski definition) is 4. The van der Waals surface area contributed by atoms with Gasteiger partial charge < -0.3 is 9.88 Å². The quantitative estimate of drug-likeness (QED) is 0.743. The lowest BCUT2D eigenvalue weighted by atomic mass is 10.1. The molecule has 0 saturated heterocycles. The molecule has 2 aromatic heterocycles. The second-order valence-corrected chi connectivity index (χ2v) is 6.89. The molecule has 0 fully saturated rings. The first kappa shape index (κ1) is 15.3. The molecule has 3 heterocycles. The summed E-state index contributed by atoms with van der Waals surface area (Å²) in [4.78, 5) is 9.06. The third-order valence-corrected chi connectivity index (χ3v) is 5.13. The fourth-order valence-corrected chi connectivity index (χ4v) is 3.95. The van der Waals surface area contributed by atoms with Crippen molar-refractivity contribution in [3.8, 4) is 22.5 Å². The van der Waals surface area contributed by atoms with Gasteiger partial charge in [0.1, 0.15) is 0 Å². The van der Waals surface area contributed by atoms with Crippen molar-refractivity contribution < 1.29 is 0 Å². The van der Waals surface area contributed by atoms with Gasteiger partial charge in [-0.15, -0.1) is 0 Å². The van der Waals surface area contributed by atoms with E-state index < -0.39 is 0 Å². The average molecular weight is 336 g/mol. The van der Waals surface area contributed by atoms with Gasteiger partial charge in [0.2, 0.25) is 0 Å². The molecule has 0 amide bonds. The number of fused-ring (bicyclic) bond motifs is 1.